The Hall–Kier alpha value is -1.62. The molecule has 0 saturated carbocycles. The van der Waals surface area contributed by atoms with E-state index < -0.39 is 0 Å². The van der Waals surface area contributed by atoms with E-state index in [-0.39, 0.29) is 11.8 Å². The van der Waals surface area contributed by atoms with Crippen LogP contribution in [0, 0.1) is 0 Å². The zero-order valence-corrected chi connectivity index (χ0v) is 12.4. The number of carbonyl (C=O) groups excluding carboxylic acids is 1. The summed E-state index contributed by atoms with van der Waals surface area (Å²) in [7, 11) is 0. The molecule has 1 aliphatic heterocycles. The van der Waals surface area contributed by atoms with E-state index in [1.807, 2.05) is 11.0 Å². The van der Waals surface area contributed by atoms with Crippen molar-refractivity contribution < 1.29 is 4.79 Å². The monoisotopic (exact) mass is 276 g/mol. The highest BCUT2D eigenvalue weighted by atomic mass is 16.2. The number of pyridine rings is 1. The number of nitrogens with zero attached hydrogens (tertiary/aromatic N) is 2. The predicted octanol–water partition coefficient (Wildman–Crippen LogP) is 2.51. The number of carbonyl (C=O) groups is 1. The van der Waals surface area contributed by atoms with E-state index in [1.165, 1.54) is 12.8 Å². The van der Waals surface area contributed by atoms with Crippen LogP contribution in [0.15, 0.2) is 12.1 Å². The topological polar surface area (TPSA) is 71.2 Å². The zero-order chi connectivity index (χ0) is 14.5. The van der Waals surface area contributed by atoms with Gasteiger partial charge in [-0.05, 0) is 30.9 Å². The lowest BCUT2D eigenvalue weighted by Crippen LogP contribution is -2.32. The summed E-state index contributed by atoms with van der Waals surface area (Å²) in [5.41, 5.74) is 4.12. The highest BCUT2D eigenvalue weighted by Gasteiger charge is 2.19. The lowest BCUT2D eigenvalue weighted by Gasteiger charge is -2.21. The maximum Gasteiger partial charge on any atom is 0.254 e. The van der Waals surface area contributed by atoms with Crippen LogP contribution < -0.4 is 11.3 Å². The van der Waals surface area contributed by atoms with Crippen molar-refractivity contribution in [2.75, 3.05) is 18.5 Å². The van der Waals surface area contributed by atoms with Crippen LogP contribution in [0.3, 0.4) is 0 Å². The van der Waals surface area contributed by atoms with Gasteiger partial charge in [0.2, 0.25) is 0 Å². The second-order valence-electron chi connectivity index (χ2n) is 5.67. The largest absolute Gasteiger partial charge is 0.339 e. The van der Waals surface area contributed by atoms with Crippen molar-refractivity contribution in [3.63, 3.8) is 0 Å². The lowest BCUT2D eigenvalue weighted by molar-refractivity contribution is 0.0761. The van der Waals surface area contributed by atoms with Crippen LogP contribution in [0.5, 0.6) is 0 Å². The molecule has 0 unspecified atom stereocenters. The Bertz CT molecular complexity index is 465. The number of nitrogens with two attached hydrogens (primary N) is 1. The highest BCUT2D eigenvalue weighted by Crippen LogP contribution is 2.20. The molecule has 1 fully saturated rings. The van der Waals surface area contributed by atoms with Crippen LogP contribution in [0.25, 0.3) is 0 Å². The van der Waals surface area contributed by atoms with Gasteiger partial charge in [-0.3, -0.25) is 4.79 Å². The van der Waals surface area contributed by atoms with E-state index in [0.717, 1.165) is 31.6 Å². The molecule has 5 nitrogen and oxygen atoms in total. The summed E-state index contributed by atoms with van der Waals surface area (Å²) >= 11 is 0. The molecule has 0 aliphatic carbocycles. The molecule has 0 bridgehead atoms. The Morgan fingerprint density at radius 1 is 1.25 bits per heavy atom. The molecule has 1 aliphatic rings. The van der Waals surface area contributed by atoms with Gasteiger partial charge in [-0.15, -0.1) is 0 Å². The van der Waals surface area contributed by atoms with E-state index in [9.17, 15) is 4.79 Å². The first-order chi connectivity index (χ1) is 9.61. The molecule has 0 radical (unpaired) electrons. The molecule has 0 atom stereocenters. The highest BCUT2D eigenvalue weighted by molar-refractivity contribution is 5.95. The van der Waals surface area contributed by atoms with Gasteiger partial charge in [-0.1, -0.05) is 26.7 Å². The summed E-state index contributed by atoms with van der Waals surface area (Å²) in [6, 6.07) is 3.62. The Kier molecular flexibility index (Phi) is 4.95. The standard InChI is InChI=1S/C15H24N4O/c1-11(2)13-9-12(10-14(17-13)18-16)15(20)19-7-5-3-4-6-8-19/h9-11H,3-8,16H2,1-2H3,(H,17,18). The minimum Gasteiger partial charge on any atom is -0.339 e. The third-order valence-electron chi connectivity index (χ3n) is 3.72. The van der Waals surface area contributed by atoms with Crippen molar-refractivity contribution >= 4 is 11.7 Å². The van der Waals surface area contributed by atoms with Gasteiger partial charge in [-0.25, -0.2) is 10.8 Å². The summed E-state index contributed by atoms with van der Waals surface area (Å²) in [5.74, 6) is 6.36. The van der Waals surface area contributed by atoms with Crippen LogP contribution in [0.1, 0.15) is 61.5 Å². The fourth-order valence-electron chi connectivity index (χ4n) is 2.50. The molecular weight excluding hydrogens is 252 g/mol. The van der Waals surface area contributed by atoms with Crippen molar-refractivity contribution in [2.45, 2.75) is 45.4 Å². The van der Waals surface area contributed by atoms with Crippen molar-refractivity contribution in [1.29, 1.82) is 0 Å². The predicted molar refractivity (Wildman–Crippen MR) is 80.5 cm³/mol. The number of likely N-dealkylation sites (tertiary alicyclic amines) is 1. The maximum absolute atomic E-state index is 12.6. The van der Waals surface area contributed by atoms with Crippen LogP contribution in [0.2, 0.25) is 0 Å². The van der Waals surface area contributed by atoms with Gasteiger partial charge in [0.1, 0.15) is 5.82 Å². The number of aromatic nitrogens is 1. The van der Waals surface area contributed by atoms with Crippen molar-refractivity contribution in [3.8, 4) is 0 Å². The molecular formula is C15H24N4O. The Labute approximate surface area is 120 Å². The molecule has 1 amide bonds. The van der Waals surface area contributed by atoms with Crippen molar-refractivity contribution in [3.05, 3.63) is 23.4 Å². The van der Waals surface area contributed by atoms with E-state index >= 15 is 0 Å². The van der Waals surface area contributed by atoms with Gasteiger partial charge >= 0.3 is 0 Å². The molecule has 0 spiro atoms. The quantitative estimate of drug-likeness (QED) is 0.657. The zero-order valence-electron chi connectivity index (χ0n) is 12.4. The molecule has 1 aromatic rings. The number of nitrogen functional groups attached to an aromatic ring is 1. The van der Waals surface area contributed by atoms with Gasteiger partial charge in [0.25, 0.3) is 5.91 Å². The Morgan fingerprint density at radius 3 is 2.45 bits per heavy atom. The number of nitrogens with one attached hydrogen (secondary N) is 1. The maximum atomic E-state index is 12.6. The second kappa shape index (κ2) is 6.70. The number of hydrogen-bond acceptors (Lipinski definition) is 4. The molecule has 5 heteroatoms. The van der Waals surface area contributed by atoms with Gasteiger partial charge in [0.15, 0.2) is 0 Å². The molecule has 110 valence electrons. The molecule has 3 N–H and O–H groups in total. The first-order valence-electron chi connectivity index (χ1n) is 7.39. The van der Waals surface area contributed by atoms with E-state index in [0.29, 0.717) is 11.4 Å². The minimum absolute atomic E-state index is 0.0905. The van der Waals surface area contributed by atoms with Crippen LogP contribution in [0.4, 0.5) is 5.82 Å². The van der Waals surface area contributed by atoms with Crippen LogP contribution in [-0.2, 0) is 0 Å². The van der Waals surface area contributed by atoms with Crippen molar-refractivity contribution in [2.24, 2.45) is 5.84 Å². The van der Waals surface area contributed by atoms with Crippen molar-refractivity contribution in [1.82, 2.24) is 9.88 Å². The molecule has 1 saturated heterocycles. The number of hydrogen-bond donors (Lipinski definition) is 2. The van der Waals surface area contributed by atoms with Crippen LogP contribution >= 0.6 is 0 Å². The second-order valence-corrected chi connectivity index (χ2v) is 5.67. The first-order valence-corrected chi connectivity index (χ1v) is 7.39. The smallest absolute Gasteiger partial charge is 0.254 e. The number of rotatable bonds is 3. The van der Waals surface area contributed by atoms with Crippen LogP contribution in [-0.4, -0.2) is 28.9 Å². The molecule has 1 aromatic heterocycles. The normalized spacial score (nSPS) is 16.1. The van der Waals surface area contributed by atoms with Gasteiger partial charge in [-0.2, -0.15) is 0 Å². The van der Waals surface area contributed by atoms with E-state index in [2.05, 4.69) is 24.3 Å². The summed E-state index contributed by atoms with van der Waals surface area (Å²) in [6.07, 6.45) is 4.62. The third-order valence-corrected chi connectivity index (χ3v) is 3.72. The van der Waals surface area contributed by atoms with Gasteiger partial charge < -0.3 is 10.3 Å². The lowest BCUT2D eigenvalue weighted by atomic mass is 10.1. The van der Waals surface area contributed by atoms with E-state index in [4.69, 9.17) is 5.84 Å². The third kappa shape index (κ3) is 3.48. The Balaban J connectivity index is 2.25. The molecule has 0 aromatic carbocycles. The fraction of sp³-hybridized carbons (Fsp3) is 0.600. The van der Waals surface area contributed by atoms with Gasteiger partial charge in [0.05, 0.1) is 0 Å². The number of anilines is 1. The summed E-state index contributed by atoms with van der Waals surface area (Å²) in [4.78, 5) is 19.0. The SMILES string of the molecule is CC(C)c1cc(C(=O)N2CCCCCC2)cc(NN)n1. The minimum atomic E-state index is 0.0905. The fourth-order valence-corrected chi connectivity index (χ4v) is 2.50. The first kappa shape index (κ1) is 14.8. The average molecular weight is 276 g/mol. The molecule has 2 heterocycles. The summed E-state index contributed by atoms with van der Waals surface area (Å²) in [5, 5.41) is 0. The molecule has 20 heavy (non-hydrogen) atoms. The van der Waals surface area contributed by atoms with E-state index in [1.54, 1.807) is 6.07 Å². The molecule has 2 rings (SSSR count). The number of amides is 1. The van der Waals surface area contributed by atoms with Gasteiger partial charge in [0, 0.05) is 24.3 Å². The summed E-state index contributed by atoms with van der Waals surface area (Å²) < 4.78 is 0. The summed E-state index contributed by atoms with van der Waals surface area (Å²) in [6.45, 7) is 5.82. The average Bonchev–Trinajstić information content (AvgIpc) is 2.74. The Morgan fingerprint density at radius 2 is 1.90 bits per heavy atom. The number of hydrazine groups is 1.